The average molecular weight is 425 g/mol. The molecule has 2 heterocycles. The maximum absolute atomic E-state index is 13.2. The van der Waals surface area contributed by atoms with E-state index in [9.17, 15) is 4.79 Å². The molecular weight excluding hydrogens is 396 g/mol. The van der Waals surface area contributed by atoms with E-state index >= 15 is 0 Å². The number of aromatic nitrogens is 2. The summed E-state index contributed by atoms with van der Waals surface area (Å²) in [5, 5.41) is 0.784. The van der Waals surface area contributed by atoms with E-state index in [0.29, 0.717) is 5.56 Å². The SMILES string of the molecule is Cc1cc(C(C)(C)C)cc(C)c1COC(=O)c1cc(-c2ccncc2)nc2ccccc12. The number of hydrogen-bond donors (Lipinski definition) is 0. The predicted molar refractivity (Wildman–Crippen MR) is 129 cm³/mol. The van der Waals surface area contributed by atoms with Crippen LogP contribution in [0.2, 0.25) is 0 Å². The molecule has 32 heavy (non-hydrogen) atoms. The third-order valence-electron chi connectivity index (χ3n) is 5.82. The first-order chi connectivity index (χ1) is 15.2. The minimum Gasteiger partial charge on any atom is -0.457 e. The molecule has 2 aromatic heterocycles. The summed E-state index contributed by atoms with van der Waals surface area (Å²) in [6.07, 6.45) is 3.44. The van der Waals surface area contributed by atoms with Crippen LogP contribution in [0.1, 0.15) is 53.4 Å². The molecular formula is C28H28N2O2. The van der Waals surface area contributed by atoms with Crippen LogP contribution in [0.25, 0.3) is 22.2 Å². The summed E-state index contributed by atoms with van der Waals surface area (Å²) in [5.41, 5.74) is 7.59. The number of para-hydroxylation sites is 1. The Morgan fingerprint density at radius 3 is 2.25 bits per heavy atom. The van der Waals surface area contributed by atoms with Gasteiger partial charge in [0.2, 0.25) is 0 Å². The molecule has 0 aliphatic rings. The van der Waals surface area contributed by atoms with E-state index in [0.717, 1.165) is 38.9 Å². The fraction of sp³-hybridized carbons (Fsp3) is 0.250. The summed E-state index contributed by atoms with van der Waals surface area (Å²) in [4.78, 5) is 22.0. The van der Waals surface area contributed by atoms with Crippen molar-refractivity contribution in [3.8, 4) is 11.3 Å². The van der Waals surface area contributed by atoms with Crippen LogP contribution in [0.3, 0.4) is 0 Å². The molecule has 4 aromatic rings. The van der Waals surface area contributed by atoms with Crippen LogP contribution >= 0.6 is 0 Å². The average Bonchev–Trinajstić information content (AvgIpc) is 2.77. The van der Waals surface area contributed by atoms with E-state index in [2.05, 4.69) is 51.7 Å². The van der Waals surface area contributed by atoms with Gasteiger partial charge in [-0.2, -0.15) is 0 Å². The zero-order chi connectivity index (χ0) is 22.9. The van der Waals surface area contributed by atoms with Gasteiger partial charge < -0.3 is 4.74 Å². The van der Waals surface area contributed by atoms with Gasteiger partial charge in [0.05, 0.1) is 16.8 Å². The summed E-state index contributed by atoms with van der Waals surface area (Å²) >= 11 is 0. The van der Waals surface area contributed by atoms with Gasteiger partial charge in [-0.25, -0.2) is 9.78 Å². The third-order valence-corrected chi connectivity index (χ3v) is 5.82. The first kappa shape index (κ1) is 21.7. The number of aryl methyl sites for hydroxylation is 2. The molecule has 4 rings (SSSR count). The van der Waals surface area contributed by atoms with Gasteiger partial charge in [0, 0.05) is 23.3 Å². The van der Waals surface area contributed by atoms with Crippen molar-refractivity contribution < 1.29 is 9.53 Å². The van der Waals surface area contributed by atoms with Crippen LogP contribution < -0.4 is 0 Å². The van der Waals surface area contributed by atoms with Crippen LogP contribution in [-0.4, -0.2) is 15.9 Å². The molecule has 0 unspecified atom stereocenters. The molecule has 0 fully saturated rings. The Kier molecular flexibility index (Phi) is 5.79. The quantitative estimate of drug-likeness (QED) is 0.348. The zero-order valence-electron chi connectivity index (χ0n) is 19.3. The number of pyridine rings is 2. The van der Waals surface area contributed by atoms with Gasteiger partial charge in [0.1, 0.15) is 6.61 Å². The molecule has 0 saturated carbocycles. The highest BCUT2D eigenvalue weighted by Gasteiger charge is 2.19. The maximum atomic E-state index is 13.2. The van der Waals surface area contributed by atoms with Gasteiger partial charge in [0.25, 0.3) is 0 Å². The van der Waals surface area contributed by atoms with Gasteiger partial charge in [-0.1, -0.05) is 51.1 Å². The van der Waals surface area contributed by atoms with Crippen LogP contribution in [0.5, 0.6) is 0 Å². The Morgan fingerprint density at radius 2 is 1.59 bits per heavy atom. The molecule has 4 heteroatoms. The van der Waals surface area contributed by atoms with Crippen molar-refractivity contribution >= 4 is 16.9 Å². The molecule has 0 amide bonds. The summed E-state index contributed by atoms with van der Waals surface area (Å²) in [7, 11) is 0. The molecule has 0 spiro atoms. The van der Waals surface area contributed by atoms with E-state index in [1.165, 1.54) is 5.56 Å². The summed E-state index contributed by atoms with van der Waals surface area (Å²) in [6, 6.07) is 17.6. The van der Waals surface area contributed by atoms with Gasteiger partial charge >= 0.3 is 5.97 Å². The predicted octanol–water partition coefficient (Wildman–Crippen LogP) is 6.57. The van der Waals surface area contributed by atoms with Crippen LogP contribution in [0.15, 0.2) is 67.0 Å². The Morgan fingerprint density at radius 1 is 0.938 bits per heavy atom. The fourth-order valence-corrected chi connectivity index (χ4v) is 3.88. The van der Waals surface area contributed by atoms with Crippen LogP contribution in [0.4, 0.5) is 0 Å². The third kappa shape index (κ3) is 4.40. The van der Waals surface area contributed by atoms with Crippen LogP contribution in [0, 0.1) is 13.8 Å². The summed E-state index contributed by atoms with van der Waals surface area (Å²) in [5.74, 6) is -0.349. The van der Waals surface area contributed by atoms with Crippen molar-refractivity contribution in [3.63, 3.8) is 0 Å². The lowest BCUT2D eigenvalue weighted by atomic mass is 9.84. The van der Waals surface area contributed by atoms with Crippen molar-refractivity contribution in [2.24, 2.45) is 0 Å². The highest BCUT2D eigenvalue weighted by Crippen LogP contribution is 2.28. The number of esters is 1. The van der Waals surface area contributed by atoms with Gasteiger partial charge in [-0.3, -0.25) is 4.98 Å². The van der Waals surface area contributed by atoms with Crippen molar-refractivity contribution in [3.05, 3.63) is 94.8 Å². The molecule has 0 saturated heterocycles. The summed E-state index contributed by atoms with van der Waals surface area (Å²) < 4.78 is 5.82. The molecule has 2 aromatic carbocycles. The minimum atomic E-state index is -0.349. The molecule has 0 aliphatic heterocycles. The van der Waals surface area contributed by atoms with E-state index in [1.807, 2.05) is 42.5 Å². The number of carbonyl (C=O) groups is 1. The number of fused-ring (bicyclic) bond motifs is 1. The largest absolute Gasteiger partial charge is 0.457 e. The Bertz CT molecular complexity index is 1270. The molecule has 0 radical (unpaired) electrons. The lowest BCUT2D eigenvalue weighted by molar-refractivity contribution is 0.0474. The lowest BCUT2D eigenvalue weighted by Crippen LogP contribution is -2.13. The monoisotopic (exact) mass is 424 g/mol. The van der Waals surface area contributed by atoms with Crippen molar-refractivity contribution in [1.29, 1.82) is 0 Å². The first-order valence-electron chi connectivity index (χ1n) is 10.8. The number of benzene rings is 2. The normalized spacial score (nSPS) is 11.5. The van der Waals surface area contributed by atoms with Gasteiger partial charge in [0.15, 0.2) is 0 Å². The maximum Gasteiger partial charge on any atom is 0.339 e. The second-order valence-corrected chi connectivity index (χ2v) is 9.22. The fourth-order valence-electron chi connectivity index (χ4n) is 3.88. The zero-order valence-corrected chi connectivity index (χ0v) is 19.3. The van der Waals surface area contributed by atoms with Crippen LogP contribution in [-0.2, 0) is 16.8 Å². The second-order valence-electron chi connectivity index (χ2n) is 9.22. The summed E-state index contributed by atoms with van der Waals surface area (Å²) in [6.45, 7) is 11.0. The number of hydrogen-bond acceptors (Lipinski definition) is 4. The molecule has 0 aliphatic carbocycles. The standard InChI is InChI=1S/C28H28N2O2/c1-18-14-21(28(3,4)5)15-19(2)24(18)17-32-27(31)23-16-26(20-10-12-29-13-11-20)30-25-9-7-6-8-22(23)25/h6-16H,17H2,1-5H3. The molecule has 0 bridgehead atoms. The van der Waals surface area contributed by atoms with E-state index in [1.54, 1.807) is 12.4 Å². The number of ether oxygens (including phenoxy) is 1. The number of rotatable bonds is 4. The Hall–Kier alpha value is -3.53. The molecule has 0 atom stereocenters. The smallest absolute Gasteiger partial charge is 0.339 e. The van der Waals surface area contributed by atoms with E-state index in [-0.39, 0.29) is 18.0 Å². The minimum absolute atomic E-state index is 0.0735. The van der Waals surface area contributed by atoms with Gasteiger partial charge in [-0.15, -0.1) is 0 Å². The Balaban J connectivity index is 1.66. The lowest BCUT2D eigenvalue weighted by Gasteiger charge is -2.22. The molecule has 162 valence electrons. The molecule has 0 N–H and O–H groups in total. The first-order valence-corrected chi connectivity index (χ1v) is 10.8. The van der Waals surface area contributed by atoms with E-state index in [4.69, 9.17) is 9.72 Å². The highest BCUT2D eigenvalue weighted by atomic mass is 16.5. The molecule has 4 nitrogen and oxygen atoms in total. The Labute approximate surface area is 189 Å². The number of nitrogens with zero attached hydrogens (tertiary/aromatic N) is 2. The highest BCUT2D eigenvalue weighted by molar-refractivity contribution is 6.04. The van der Waals surface area contributed by atoms with Crippen molar-refractivity contribution in [2.45, 2.75) is 46.6 Å². The number of carbonyl (C=O) groups excluding carboxylic acids is 1. The van der Waals surface area contributed by atoms with Gasteiger partial charge in [-0.05, 0) is 65.8 Å². The topological polar surface area (TPSA) is 52.1 Å². The second kappa shape index (κ2) is 8.54. The van der Waals surface area contributed by atoms with Crippen molar-refractivity contribution in [2.75, 3.05) is 0 Å². The van der Waals surface area contributed by atoms with Crippen molar-refractivity contribution in [1.82, 2.24) is 9.97 Å². The van der Waals surface area contributed by atoms with E-state index < -0.39 is 0 Å².